The van der Waals surface area contributed by atoms with E-state index in [0.29, 0.717) is 11.0 Å². The normalized spacial score (nSPS) is 10.2. The zero-order valence-corrected chi connectivity index (χ0v) is 9.85. The largest absolute Gasteiger partial charge is 0.508 e. The van der Waals surface area contributed by atoms with Crippen LogP contribution in [-0.2, 0) is 6.42 Å². The molecule has 0 radical (unpaired) electrons. The molecule has 2 rings (SSSR count). The number of anilines is 1. The van der Waals surface area contributed by atoms with Gasteiger partial charge in [-0.25, -0.2) is 4.98 Å². The molecule has 5 heteroatoms. The van der Waals surface area contributed by atoms with E-state index in [9.17, 15) is 0 Å². The SMILES string of the molecule is Oc1ccc(CCNc2cncc(Cl)n2)cc1. The molecule has 0 atom stereocenters. The second-order valence-corrected chi connectivity index (χ2v) is 3.96. The predicted octanol–water partition coefficient (Wildman–Crippen LogP) is 2.49. The van der Waals surface area contributed by atoms with E-state index in [1.165, 1.54) is 6.20 Å². The van der Waals surface area contributed by atoms with Gasteiger partial charge in [-0.15, -0.1) is 0 Å². The predicted molar refractivity (Wildman–Crippen MR) is 67.3 cm³/mol. The highest BCUT2D eigenvalue weighted by Gasteiger charge is 1.97. The number of hydrogen-bond acceptors (Lipinski definition) is 4. The summed E-state index contributed by atoms with van der Waals surface area (Å²) < 4.78 is 0. The molecule has 1 aromatic carbocycles. The second-order valence-electron chi connectivity index (χ2n) is 3.57. The highest BCUT2D eigenvalue weighted by molar-refractivity contribution is 6.29. The van der Waals surface area contributed by atoms with Crippen molar-refractivity contribution in [3.8, 4) is 5.75 Å². The second kappa shape index (κ2) is 5.50. The summed E-state index contributed by atoms with van der Waals surface area (Å²) in [5.41, 5.74) is 1.14. The average molecular weight is 250 g/mol. The number of benzene rings is 1. The van der Waals surface area contributed by atoms with Crippen molar-refractivity contribution in [2.75, 3.05) is 11.9 Å². The first-order chi connectivity index (χ1) is 8.24. The van der Waals surface area contributed by atoms with Crippen LogP contribution in [0.15, 0.2) is 36.7 Å². The topological polar surface area (TPSA) is 58.0 Å². The van der Waals surface area contributed by atoms with Gasteiger partial charge in [0.05, 0.1) is 12.4 Å². The van der Waals surface area contributed by atoms with Crippen LogP contribution in [-0.4, -0.2) is 21.6 Å². The van der Waals surface area contributed by atoms with Crippen LogP contribution in [0.2, 0.25) is 5.15 Å². The molecule has 0 unspecified atom stereocenters. The van der Waals surface area contributed by atoms with Crippen LogP contribution in [0, 0.1) is 0 Å². The molecule has 0 spiro atoms. The molecule has 88 valence electrons. The van der Waals surface area contributed by atoms with Gasteiger partial charge in [0.25, 0.3) is 0 Å². The van der Waals surface area contributed by atoms with Gasteiger partial charge in [0.2, 0.25) is 0 Å². The lowest BCUT2D eigenvalue weighted by atomic mass is 10.1. The van der Waals surface area contributed by atoms with E-state index in [1.54, 1.807) is 18.3 Å². The number of halogens is 1. The van der Waals surface area contributed by atoms with Crippen molar-refractivity contribution in [2.24, 2.45) is 0 Å². The number of nitrogens with one attached hydrogen (secondary N) is 1. The molecule has 0 fully saturated rings. The van der Waals surface area contributed by atoms with Crippen LogP contribution in [0.3, 0.4) is 0 Å². The molecule has 0 aliphatic heterocycles. The van der Waals surface area contributed by atoms with Gasteiger partial charge in [0.1, 0.15) is 16.7 Å². The van der Waals surface area contributed by atoms with Crippen molar-refractivity contribution in [3.63, 3.8) is 0 Å². The molecule has 0 bridgehead atoms. The van der Waals surface area contributed by atoms with Crippen LogP contribution in [0.5, 0.6) is 5.75 Å². The Hall–Kier alpha value is -1.81. The molecule has 0 saturated carbocycles. The number of phenols is 1. The molecule has 0 aliphatic rings. The monoisotopic (exact) mass is 249 g/mol. The zero-order valence-electron chi connectivity index (χ0n) is 9.10. The number of aromatic nitrogens is 2. The minimum Gasteiger partial charge on any atom is -0.508 e. The Morgan fingerprint density at radius 3 is 2.65 bits per heavy atom. The molecule has 1 aromatic heterocycles. The molecule has 1 heterocycles. The third-order valence-corrected chi connectivity index (χ3v) is 2.44. The first kappa shape index (κ1) is 11.7. The number of nitrogens with zero attached hydrogens (tertiary/aromatic N) is 2. The fourth-order valence-corrected chi connectivity index (χ4v) is 1.57. The standard InChI is InChI=1S/C12H12ClN3O/c13-11-7-14-8-12(16-11)15-6-5-9-1-3-10(17)4-2-9/h1-4,7-8,17H,5-6H2,(H,15,16). The minimum atomic E-state index is 0.280. The van der Waals surface area contributed by atoms with Crippen molar-refractivity contribution >= 4 is 17.4 Å². The summed E-state index contributed by atoms with van der Waals surface area (Å²) >= 11 is 5.72. The molecular formula is C12H12ClN3O. The lowest BCUT2D eigenvalue weighted by Crippen LogP contribution is -2.06. The number of aromatic hydroxyl groups is 1. The van der Waals surface area contributed by atoms with Crippen molar-refractivity contribution < 1.29 is 5.11 Å². The van der Waals surface area contributed by atoms with Crippen molar-refractivity contribution in [1.82, 2.24) is 9.97 Å². The van der Waals surface area contributed by atoms with E-state index in [1.807, 2.05) is 12.1 Å². The lowest BCUT2D eigenvalue weighted by molar-refractivity contribution is 0.475. The van der Waals surface area contributed by atoms with E-state index in [2.05, 4.69) is 15.3 Å². The maximum Gasteiger partial charge on any atom is 0.149 e. The maximum absolute atomic E-state index is 9.14. The van der Waals surface area contributed by atoms with Gasteiger partial charge in [-0.3, -0.25) is 4.98 Å². The van der Waals surface area contributed by atoms with E-state index in [4.69, 9.17) is 16.7 Å². The summed E-state index contributed by atoms with van der Waals surface area (Å²) in [5, 5.41) is 12.6. The maximum atomic E-state index is 9.14. The van der Waals surface area contributed by atoms with Gasteiger partial charge in [0, 0.05) is 6.54 Å². The first-order valence-electron chi connectivity index (χ1n) is 5.23. The van der Waals surface area contributed by atoms with Gasteiger partial charge in [0.15, 0.2) is 0 Å². The highest BCUT2D eigenvalue weighted by atomic mass is 35.5. The highest BCUT2D eigenvalue weighted by Crippen LogP contribution is 2.11. The molecule has 0 saturated heterocycles. The third kappa shape index (κ3) is 3.60. The Kier molecular flexibility index (Phi) is 3.77. The van der Waals surface area contributed by atoms with Crippen LogP contribution in [0.1, 0.15) is 5.56 Å². The van der Waals surface area contributed by atoms with Gasteiger partial charge < -0.3 is 10.4 Å². The molecular weight excluding hydrogens is 238 g/mol. The molecule has 4 nitrogen and oxygen atoms in total. The molecule has 0 amide bonds. The minimum absolute atomic E-state index is 0.280. The summed E-state index contributed by atoms with van der Waals surface area (Å²) in [4.78, 5) is 8.00. The zero-order chi connectivity index (χ0) is 12.1. The van der Waals surface area contributed by atoms with Gasteiger partial charge in [-0.1, -0.05) is 23.7 Å². The molecule has 2 N–H and O–H groups in total. The summed E-state index contributed by atoms with van der Waals surface area (Å²) in [6.07, 6.45) is 3.96. The molecule has 0 aliphatic carbocycles. The molecule has 17 heavy (non-hydrogen) atoms. The molecule has 2 aromatic rings. The summed E-state index contributed by atoms with van der Waals surface area (Å²) in [5.74, 6) is 0.943. The Bertz CT molecular complexity index is 487. The van der Waals surface area contributed by atoms with Crippen molar-refractivity contribution in [3.05, 3.63) is 47.4 Å². The van der Waals surface area contributed by atoms with E-state index >= 15 is 0 Å². The average Bonchev–Trinajstić information content (AvgIpc) is 2.32. The Labute approximate surface area is 104 Å². The fraction of sp³-hybridized carbons (Fsp3) is 0.167. The fourth-order valence-electron chi connectivity index (χ4n) is 1.42. The first-order valence-corrected chi connectivity index (χ1v) is 5.61. The van der Waals surface area contributed by atoms with Crippen LogP contribution in [0.4, 0.5) is 5.82 Å². The van der Waals surface area contributed by atoms with E-state index < -0.39 is 0 Å². The smallest absolute Gasteiger partial charge is 0.149 e. The summed E-state index contributed by atoms with van der Waals surface area (Å²) in [6.45, 7) is 0.736. The van der Waals surface area contributed by atoms with Gasteiger partial charge in [-0.05, 0) is 24.1 Å². The lowest BCUT2D eigenvalue weighted by Gasteiger charge is -2.05. The van der Waals surface area contributed by atoms with E-state index in [0.717, 1.165) is 18.5 Å². The van der Waals surface area contributed by atoms with Crippen LogP contribution < -0.4 is 5.32 Å². The summed E-state index contributed by atoms with van der Waals surface area (Å²) in [7, 11) is 0. The van der Waals surface area contributed by atoms with Crippen LogP contribution >= 0.6 is 11.6 Å². The Balaban J connectivity index is 1.85. The van der Waals surface area contributed by atoms with Crippen LogP contribution in [0.25, 0.3) is 0 Å². The number of phenolic OH excluding ortho intramolecular Hbond substituents is 1. The van der Waals surface area contributed by atoms with Gasteiger partial charge >= 0.3 is 0 Å². The Morgan fingerprint density at radius 2 is 1.94 bits per heavy atom. The van der Waals surface area contributed by atoms with Crippen molar-refractivity contribution in [1.29, 1.82) is 0 Å². The van der Waals surface area contributed by atoms with Crippen molar-refractivity contribution in [2.45, 2.75) is 6.42 Å². The summed E-state index contributed by atoms with van der Waals surface area (Å²) in [6, 6.07) is 7.13. The number of rotatable bonds is 4. The number of hydrogen-bond donors (Lipinski definition) is 2. The third-order valence-electron chi connectivity index (χ3n) is 2.26. The van der Waals surface area contributed by atoms with Gasteiger partial charge in [-0.2, -0.15) is 0 Å². The van der Waals surface area contributed by atoms with E-state index in [-0.39, 0.29) is 5.75 Å². The Morgan fingerprint density at radius 1 is 1.18 bits per heavy atom. The quantitative estimate of drug-likeness (QED) is 0.874.